The number of rotatable bonds is 2. The van der Waals surface area contributed by atoms with Crippen molar-refractivity contribution in [3.05, 3.63) is 45.7 Å². The Morgan fingerprint density at radius 3 is 3.00 bits per heavy atom. The number of hydrogen-bond donors (Lipinski definition) is 1. The van der Waals surface area contributed by atoms with Crippen LogP contribution in [0.4, 0.5) is 0 Å². The molecule has 1 aliphatic rings. The van der Waals surface area contributed by atoms with E-state index in [1.54, 1.807) is 4.68 Å². The molecular weight excluding hydrogens is 280 g/mol. The Balaban J connectivity index is 2.21. The predicted molar refractivity (Wildman–Crippen MR) is 73.6 cm³/mol. The monoisotopic (exact) mass is 292 g/mol. The molecule has 2 heterocycles. The van der Waals surface area contributed by atoms with Crippen molar-refractivity contribution in [2.75, 3.05) is 6.61 Å². The van der Waals surface area contributed by atoms with E-state index in [-0.39, 0.29) is 12.3 Å². The van der Waals surface area contributed by atoms with Gasteiger partial charge in [-0.1, -0.05) is 17.7 Å². The number of halogens is 1. The minimum Gasteiger partial charge on any atom is -0.476 e. The van der Waals surface area contributed by atoms with Gasteiger partial charge in [0.25, 0.3) is 0 Å². The summed E-state index contributed by atoms with van der Waals surface area (Å²) in [5.41, 5.74) is 3.28. The highest BCUT2D eigenvalue weighted by molar-refractivity contribution is 6.32. The largest absolute Gasteiger partial charge is 0.476 e. The van der Waals surface area contributed by atoms with Gasteiger partial charge >= 0.3 is 5.97 Å². The number of ether oxygens (including phenoxy) is 1. The minimum absolute atomic E-state index is 0.0383. The first-order chi connectivity index (χ1) is 9.58. The number of nitrogens with zero attached hydrogens (tertiary/aromatic N) is 2. The highest BCUT2D eigenvalue weighted by atomic mass is 35.5. The Morgan fingerprint density at radius 1 is 1.50 bits per heavy atom. The number of benzene rings is 1. The van der Waals surface area contributed by atoms with Gasteiger partial charge in [0.05, 0.1) is 29.6 Å². The van der Waals surface area contributed by atoms with Crippen LogP contribution in [0.1, 0.15) is 27.3 Å². The van der Waals surface area contributed by atoms with E-state index < -0.39 is 5.97 Å². The normalized spacial score (nSPS) is 14.1. The van der Waals surface area contributed by atoms with Crippen LogP contribution < -0.4 is 0 Å². The van der Waals surface area contributed by atoms with Crippen LogP contribution in [-0.2, 0) is 17.8 Å². The number of aromatic nitrogens is 2. The molecule has 0 radical (unpaired) electrons. The van der Waals surface area contributed by atoms with E-state index in [2.05, 4.69) is 5.10 Å². The van der Waals surface area contributed by atoms with Gasteiger partial charge in [0, 0.05) is 12.0 Å². The van der Waals surface area contributed by atoms with Gasteiger partial charge in [-0.05, 0) is 24.6 Å². The van der Waals surface area contributed by atoms with Gasteiger partial charge < -0.3 is 9.84 Å². The Bertz CT molecular complexity index is 694. The Labute approximate surface area is 120 Å². The maximum atomic E-state index is 11.3. The number of aromatic carboxylic acids is 1. The van der Waals surface area contributed by atoms with Crippen molar-refractivity contribution in [2.45, 2.75) is 20.0 Å². The topological polar surface area (TPSA) is 64.4 Å². The third-order valence-corrected chi connectivity index (χ3v) is 3.66. The first kappa shape index (κ1) is 13.1. The molecule has 0 aliphatic carbocycles. The molecule has 5 nitrogen and oxygen atoms in total. The fourth-order valence-electron chi connectivity index (χ4n) is 2.39. The summed E-state index contributed by atoms with van der Waals surface area (Å²) in [5, 5.41) is 14.0. The average molecular weight is 293 g/mol. The maximum Gasteiger partial charge on any atom is 0.356 e. The van der Waals surface area contributed by atoms with E-state index in [1.165, 1.54) is 0 Å². The maximum absolute atomic E-state index is 11.3. The van der Waals surface area contributed by atoms with Crippen molar-refractivity contribution in [3.8, 4) is 5.69 Å². The van der Waals surface area contributed by atoms with Crippen LogP contribution in [0.15, 0.2) is 18.2 Å². The zero-order valence-electron chi connectivity index (χ0n) is 10.9. The average Bonchev–Trinajstić information content (AvgIpc) is 2.78. The van der Waals surface area contributed by atoms with Crippen molar-refractivity contribution in [2.24, 2.45) is 0 Å². The van der Waals surface area contributed by atoms with Crippen molar-refractivity contribution in [3.63, 3.8) is 0 Å². The smallest absolute Gasteiger partial charge is 0.356 e. The molecule has 0 saturated carbocycles. The number of carbonyl (C=O) groups is 1. The van der Waals surface area contributed by atoms with Crippen molar-refractivity contribution in [1.82, 2.24) is 9.78 Å². The van der Waals surface area contributed by atoms with Gasteiger partial charge in [-0.3, -0.25) is 0 Å². The molecule has 2 aromatic rings. The minimum atomic E-state index is -1.05. The lowest BCUT2D eigenvalue weighted by Crippen LogP contribution is -2.13. The molecule has 0 unspecified atom stereocenters. The SMILES string of the molecule is Cc1ccc(-n2nc(C(=O)O)c3c2CCOC3)c(Cl)c1. The molecule has 1 N–H and O–H groups in total. The lowest BCUT2D eigenvalue weighted by Gasteiger charge is -2.15. The highest BCUT2D eigenvalue weighted by Crippen LogP contribution is 2.28. The molecule has 0 atom stereocenters. The first-order valence-electron chi connectivity index (χ1n) is 6.26. The van der Waals surface area contributed by atoms with Crippen molar-refractivity contribution >= 4 is 17.6 Å². The molecule has 1 aromatic heterocycles. The van der Waals surface area contributed by atoms with Gasteiger partial charge in [-0.2, -0.15) is 5.10 Å². The van der Waals surface area contributed by atoms with Crippen LogP contribution in [0.2, 0.25) is 5.02 Å². The van der Waals surface area contributed by atoms with E-state index in [1.807, 2.05) is 25.1 Å². The fourth-order valence-corrected chi connectivity index (χ4v) is 2.71. The van der Waals surface area contributed by atoms with E-state index in [9.17, 15) is 9.90 Å². The molecule has 20 heavy (non-hydrogen) atoms. The molecule has 0 spiro atoms. The number of carboxylic acids is 1. The highest BCUT2D eigenvalue weighted by Gasteiger charge is 2.26. The summed E-state index contributed by atoms with van der Waals surface area (Å²) in [6.07, 6.45) is 0.625. The predicted octanol–water partition coefficient (Wildman–Crippen LogP) is 2.61. The molecule has 1 aromatic carbocycles. The molecule has 0 fully saturated rings. The van der Waals surface area contributed by atoms with Crippen LogP contribution in [0.5, 0.6) is 0 Å². The summed E-state index contributed by atoms with van der Waals surface area (Å²) in [5.74, 6) is -1.05. The Kier molecular flexibility index (Phi) is 3.23. The van der Waals surface area contributed by atoms with E-state index >= 15 is 0 Å². The molecule has 6 heteroatoms. The Hall–Kier alpha value is -1.85. The third-order valence-electron chi connectivity index (χ3n) is 3.35. The van der Waals surface area contributed by atoms with Crippen LogP contribution >= 0.6 is 11.6 Å². The fraction of sp³-hybridized carbons (Fsp3) is 0.286. The first-order valence-corrected chi connectivity index (χ1v) is 6.64. The zero-order chi connectivity index (χ0) is 14.3. The van der Waals surface area contributed by atoms with Crippen molar-refractivity contribution < 1.29 is 14.6 Å². The Morgan fingerprint density at radius 2 is 2.30 bits per heavy atom. The number of hydrogen-bond acceptors (Lipinski definition) is 3. The quantitative estimate of drug-likeness (QED) is 0.924. The van der Waals surface area contributed by atoms with Crippen LogP contribution in [-0.4, -0.2) is 27.5 Å². The summed E-state index contributed by atoms with van der Waals surface area (Å²) in [6.45, 7) is 2.78. The zero-order valence-corrected chi connectivity index (χ0v) is 11.6. The molecular formula is C14H13ClN2O3. The van der Waals surface area contributed by atoms with Gasteiger partial charge in [-0.15, -0.1) is 0 Å². The van der Waals surface area contributed by atoms with Gasteiger partial charge in [0.2, 0.25) is 0 Å². The second-order valence-corrected chi connectivity index (χ2v) is 5.16. The van der Waals surface area contributed by atoms with Gasteiger partial charge in [0.1, 0.15) is 0 Å². The summed E-state index contributed by atoms with van der Waals surface area (Å²) >= 11 is 6.26. The molecule has 0 bridgehead atoms. The molecule has 104 valence electrons. The van der Waals surface area contributed by atoms with Crippen LogP contribution in [0, 0.1) is 6.92 Å². The molecule has 0 amide bonds. The summed E-state index contributed by atoms with van der Waals surface area (Å²) in [4.78, 5) is 11.3. The number of aryl methyl sites for hydroxylation is 1. The standard InChI is InChI=1S/C14H13ClN2O3/c1-8-2-3-12(10(15)6-8)17-11-4-5-20-7-9(11)13(16-17)14(18)19/h2-3,6H,4-5,7H2,1H3,(H,18,19). The van der Waals surface area contributed by atoms with Crippen LogP contribution in [0.25, 0.3) is 5.69 Å². The second kappa shape index (κ2) is 4.92. The lowest BCUT2D eigenvalue weighted by molar-refractivity contribution is 0.0677. The summed E-state index contributed by atoms with van der Waals surface area (Å²) < 4.78 is 6.96. The van der Waals surface area contributed by atoms with E-state index in [0.29, 0.717) is 29.3 Å². The van der Waals surface area contributed by atoms with E-state index in [0.717, 1.165) is 11.3 Å². The molecule has 1 aliphatic heterocycles. The van der Waals surface area contributed by atoms with Crippen LogP contribution in [0.3, 0.4) is 0 Å². The third kappa shape index (κ3) is 2.09. The molecule has 3 rings (SSSR count). The summed E-state index contributed by atoms with van der Waals surface area (Å²) in [6, 6.07) is 5.62. The molecule has 0 saturated heterocycles. The number of carboxylic acid groups (broad SMARTS) is 1. The van der Waals surface area contributed by atoms with E-state index in [4.69, 9.17) is 16.3 Å². The second-order valence-electron chi connectivity index (χ2n) is 4.75. The van der Waals surface area contributed by atoms with Crippen molar-refractivity contribution in [1.29, 1.82) is 0 Å². The van der Waals surface area contributed by atoms with Gasteiger partial charge in [-0.25, -0.2) is 9.48 Å². The lowest BCUT2D eigenvalue weighted by atomic mass is 10.1. The van der Waals surface area contributed by atoms with Gasteiger partial charge in [0.15, 0.2) is 5.69 Å². The number of fused-ring (bicyclic) bond motifs is 1. The summed E-state index contributed by atoms with van der Waals surface area (Å²) in [7, 11) is 0.